The molecule has 2 aromatic rings. The quantitative estimate of drug-likeness (QED) is 0.798. The van der Waals surface area contributed by atoms with E-state index in [1.807, 2.05) is 6.92 Å². The summed E-state index contributed by atoms with van der Waals surface area (Å²) in [5.41, 5.74) is 1.17. The molecule has 29 heavy (non-hydrogen) atoms. The van der Waals surface area contributed by atoms with Gasteiger partial charge in [0.15, 0.2) is 12.1 Å². The Morgan fingerprint density at radius 3 is 2.52 bits per heavy atom. The average molecular weight is 399 g/mol. The number of halogens is 2. The first-order chi connectivity index (χ1) is 13.8. The van der Waals surface area contributed by atoms with Gasteiger partial charge in [0.2, 0.25) is 5.91 Å². The molecule has 0 saturated carbocycles. The van der Waals surface area contributed by atoms with Crippen LogP contribution in [0.15, 0.2) is 52.8 Å². The minimum atomic E-state index is -1.05. The van der Waals surface area contributed by atoms with Gasteiger partial charge in [-0.1, -0.05) is 22.9 Å². The number of carbonyl (C=O) groups is 3. The lowest BCUT2D eigenvalue weighted by molar-refractivity contribution is -0.123. The van der Waals surface area contributed by atoms with E-state index in [0.29, 0.717) is 11.8 Å². The summed E-state index contributed by atoms with van der Waals surface area (Å²) in [6.07, 6.45) is 0. The lowest BCUT2D eigenvalue weighted by Gasteiger charge is -2.20. The summed E-state index contributed by atoms with van der Waals surface area (Å²) in [6.45, 7) is 1.45. The minimum absolute atomic E-state index is 0.209. The standard InChI is InChI=1S/C19H15F2N5O3/c1-10-2-5-12(6-3-10)26-18(28)16-17(19(26)29)25(24-23-16)9-15(27)22-14-7-4-11(20)8-13(14)21/h2-8,16-17H,9H2,1H3,(H,22,27)/t16-,17+/m1/s1. The fourth-order valence-corrected chi connectivity index (χ4v) is 3.23. The highest BCUT2D eigenvalue weighted by Gasteiger charge is 2.55. The Labute approximate surface area is 163 Å². The van der Waals surface area contributed by atoms with Crippen molar-refractivity contribution in [3.05, 3.63) is 59.7 Å². The van der Waals surface area contributed by atoms with Gasteiger partial charge in [-0.15, -0.1) is 0 Å². The fourth-order valence-electron chi connectivity index (χ4n) is 3.23. The van der Waals surface area contributed by atoms with Crippen LogP contribution in [-0.2, 0) is 14.4 Å². The Hall–Kier alpha value is -3.69. The van der Waals surface area contributed by atoms with Crippen LogP contribution in [0.25, 0.3) is 0 Å². The SMILES string of the molecule is Cc1ccc(N2C(=O)[C@@H]3[C@@H](N=NN3CC(=O)Nc3ccc(F)cc3F)C2=O)cc1. The number of nitrogens with zero attached hydrogens (tertiary/aromatic N) is 4. The minimum Gasteiger partial charge on any atom is -0.322 e. The fraction of sp³-hybridized carbons (Fsp3) is 0.211. The van der Waals surface area contributed by atoms with Gasteiger partial charge in [0.05, 0.1) is 11.4 Å². The lowest BCUT2D eigenvalue weighted by atomic mass is 10.1. The number of anilines is 2. The molecule has 10 heteroatoms. The van der Waals surface area contributed by atoms with Crippen LogP contribution in [0.5, 0.6) is 0 Å². The van der Waals surface area contributed by atoms with Crippen molar-refractivity contribution in [1.82, 2.24) is 5.01 Å². The van der Waals surface area contributed by atoms with Gasteiger partial charge < -0.3 is 5.32 Å². The van der Waals surface area contributed by atoms with Crippen molar-refractivity contribution in [2.45, 2.75) is 19.0 Å². The van der Waals surface area contributed by atoms with E-state index in [0.717, 1.165) is 27.6 Å². The Morgan fingerprint density at radius 1 is 1.10 bits per heavy atom. The number of hydrogen-bond acceptors (Lipinski definition) is 6. The maximum atomic E-state index is 13.7. The van der Waals surface area contributed by atoms with Gasteiger partial charge in [0.1, 0.15) is 18.2 Å². The van der Waals surface area contributed by atoms with E-state index < -0.39 is 48.0 Å². The third kappa shape index (κ3) is 3.33. The molecule has 0 spiro atoms. The predicted octanol–water partition coefficient (Wildman–Crippen LogP) is 2.21. The molecule has 1 saturated heterocycles. The van der Waals surface area contributed by atoms with E-state index in [1.165, 1.54) is 0 Å². The largest absolute Gasteiger partial charge is 0.322 e. The Morgan fingerprint density at radius 2 is 1.83 bits per heavy atom. The summed E-state index contributed by atoms with van der Waals surface area (Å²) in [5, 5.41) is 11.0. The van der Waals surface area contributed by atoms with Crippen LogP contribution in [0, 0.1) is 18.6 Å². The number of benzene rings is 2. The summed E-state index contributed by atoms with van der Waals surface area (Å²) < 4.78 is 26.7. The molecule has 3 amide bonds. The van der Waals surface area contributed by atoms with E-state index in [1.54, 1.807) is 24.3 Å². The molecule has 4 rings (SSSR count). The molecule has 8 nitrogen and oxygen atoms in total. The second-order valence-electron chi connectivity index (χ2n) is 6.71. The molecule has 2 aliphatic heterocycles. The molecule has 0 unspecified atom stereocenters. The molecule has 2 aromatic carbocycles. The number of aryl methyl sites for hydroxylation is 1. The van der Waals surface area contributed by atoms with E-state index in [-0.39, 0.29) is 5.69 Å². The van der Waals surface area contributed by atoms with E-state index in [2.05, 4.69) is 15.7 Å². The molecular weight excluding hydrogens is 384 g/mol. The maximum Gasteiger partial charge on any atom is 0.263 e. The number of rotatable bonds is 4. The van der Waals surface area contributed by atoms with Crippen LogP contribution in [0.2, 0.25) is 0 Å². The molecule has 2 atom stereocenters. The molecule has 1 fully saturated rings. The number of imide groups is 1. The van der Waals surface area contributed by atoms with Crippen LogP contribution in [0.1, 0.15) is 5.56 Å². The predicted molar refractivity (Wildman–Crippen MR) is 97.8 cm³/mol. The first kappa shape index (κ1) is 18.7. The van der Waals surface area contributed by atoms with Crippen molar-refractivity contribution >= 4 is 29.1 Å². The Balaban J connectivity index is 1.49. The average Bonchev–Trinajstić information content (AvgIpc) is 3.19. The van der Waals surface area contributed by atoms with Gasteiger partial charge in [-0.05, 0) is 31.2 Å². The van der Waals surface area contributed by atoms with Crippen LogP contribution in [0.3, 0.4) is 0 Å². The molecule has 0 aliphatic carbocycles. The Bertz CT molecular complexity index is 1040. The highest BCUT2D eigenvalue weighted by Crippen LogP contribution is 2.31. The van der Waals surface area contributed by atoms with Crippen molar-refractivity contribution in [2.24, 2.45) is 10.3 Å². The van der Waals surface area contributed by atoms with Crippen molar-refractivity contribution in [3.63, 3.8) is 0 Å². The van der Waals surface area contributed by atoms with E-state index in [4.69, 9.17) is 0 Å². The Kier molecular flexibility index (Phi) is 4.53. The third-order valence-corrected chi connectivity index (χ3v) is 4.66. The third-order valence-electron chi connectivity index (χ3n) is 4.66. The normalized spacial score (nSPS) is 20.4. The van der Waals surface area contributed by atoms with Crippen LogP contribution in [0.4, 0.5) is 20.2 Å². The zero-order valence-electron chi connectivity index (χ0n) is 15.2. The van der Waals surface area contributed by atoms with Crippen LogP contribution < -0.4 is 10.2 Å². The number of carbonyl (C=O) groups excluding carboxylic acids is 3. The summed E-state index contributed by atoms with van der Waals surface area (Å²) in [6, 6.07) is 7.48. The second kappa shape index (κ2) is 7.04. The van der Waals surface area contributed by atoms with Crippen LogP contribution >= 0.6 is 0 Å². The summed E-state index contributed by atoms with van der Waals surface area (Å²) in [4.78, 5) is 38.7. The molecule has 2 heterocycles. The highest BCUT2D eigenvalue weighted by molar-refractivity contribution is 6.25. The number of nitrogens with one attached hydrogen (secondary N) is 1. The van der Waals surface area contributed by atoms with Crippen LogP contribution in [-0.4, -0.2) is 41.4 Å². The van der Waals surface area contributed by atoms with Gasteiger partial charge in [0.25, 0.3) is 11.8 Å². The van der Waals surface area contributed by atoms with E-state index >= 15 is 0 Å². The topological polar surface area (TPSA) is 94.4 Å². The molecule has 1 N–H and O–H groups in total. The number of hydrogen-bond donors (Lipinski definition) is 1. The summed E-state index contributed by atoms with van der Waals surface area (Å²) in [5.74, 6) is -3.47. The van der Waals surface area contributed by atoms with Gasteiger partial charge in [-0.2, -0.15) is 5.11 Å². The van der Waals surface area contributed by atoms with Gasteiger partial charge in [-0.25, -0.2) is 13.7 Å². The zero-order chi connectivity index (χ0) is 20.7. The maximum absolute atomic E-state index is 13.7. The van der Waals surface area contributed by atoms with Crippen molar-refractivity contribution in [1.29, 1.82) is 0 Å². The molecule has 0 aromatic heterocycles. The van der Waals surface area contributed by atoms with Crippen molar-refractivity contribution < 1.29 is 23.2 Å². The lowest BCUT2D eigenvalue weighted by Crippen LogP contribution is -2.43. The van der Waals surface area contributed by atoms with Crippen molar-refractivity contribution in [2.75, 3.05) is 16.8 Å². The molecular formula is C19H15F2N5O3. The molecule has 0 radical (unpaired) electrons. The molecule has 2 aliphatic rings. The molecule has 0 bridgehead atoms. The van der Waals surface area contributed by atoms with Gasteiger partial charge in [0, 0.05) is 6.07 Å². The highest BCUT2D eigenvalue weighted by atomic mass is 19.1. The molecule has 148 valence electrons. The summed E-state index contributed by atoms with van der Waals surface area (Å²) in [7, 11) is 0. The number of amides is 3. The monoisotopic (exact) mass is 399 g/mol. The summed E-state index contributed by atoms with van der Waals surface area (Å²) >= 11 is 0. The van der Waals surface area contributed by atoms with E-state index in [9.17, 15) is 23.2 Å². The second-order valence-corrected chi connectivity index (χ2v) is 6.71. The number of fused-ring (bicyclic) bond motifs is 1. The van der Waals surface area contributed by atoms with Gasteiger partial charge in [-0.3, -0.25) is 19.4 Å². The first-order valence-corrected chi connectivity index (χ1v) is 8.72. The smallest absolute Gasteiger partial charge is 0.263 e. The van der Waals surface area contributed by atoms with Crippen molar-refractivity contribution in [3.8, 4) is 0 Å². The first-order valence-electron chi connectivity index (χ1n) is 8.72. The zero-order valence-corrected chi connectivity index (χ0v) is 15.2. The van der Waals surface area contributed by atoms with Gasteiger partial charge >= 0.3 is 0 Å².